The summed E-state index contributed by atoms with van der Waals surface area (Å²) in [7, 11) is 0. The minimum absolute atomic E-state index is 0.150. The van der Waals surface area contributed by atoms with Crippen molar-refractivity contribution in [1.29, 1.82) is 0 Å². The van der Waals surface area contributed by atoms with Crippen LogP contribution >= 0.6 is 11.3 Å². The van der Waals surface area contributed by atoms with E-state index in [4.69, 9.17) is 0 Å². The number of anilines is 1. The number of likely N-dealkylation sites (tertiary alicyclic amines) is 1. The van der Waals surface area contributed by atoms with Gasteiger partial charge in [-0.15, -0.1) is 10.2 Å². The molecule has 3 atom stereocenters. The normalized spacial score (nSPS) is 25.0. The van der Waals surface area contributed by atoms with Crippen molar-refractivity contribution in [2.24, 2.45) is 11.8 Å². The van der Waals surface area contributed by atoms with Gasteiger partial charge in [-0.3, -0.25) is 5.32 Å². The van der Waals surface area contributed by atoms with Gasteiger partial charge in [-0.1, -0.05) is 17.8 Å². The topological polar surface area (TPSA) is 70.1 Å². The number of piperidine rings is 1. The zero-order valence-electron chi connectivity index (χ0n) is 17.4. The van der Waals surface area contributed by atoms with Gasteiger partial charge in [0.05, 0.1) is 0 Å². The van der Waals surface area contributed by atoms with Crippen LogP contribution in [-0.4, -0.2) is 72.6 Å². The molecule has 2 amide bonds. The molecule has 0 bridgehead atoms. The number of hydrogen-bond donors (Lipinski definition) is 2. The summed E-state index contributed by atoms with van der Waals surface area (Å²) in [5, 5.41) is 14.3. The summed E-state index contributed by atoms with van der Waals surface area (Å²) in [6.07, 6.45) is 8.54. The maximum absolute atomic E-state index is 12.4. The van der Waals surface area contributed by atoms with Gasteiger partial charge in [0.2, 0.25) is 5.13 Å². The van der Waals surface area contributed by atoms with Crippen LogP contribution in [0.2, 0.25) is 0 Å². The zero-order chi connectivity index (χ0) is 20.8. The van der Waals surface area contributed by atoms with E-state index in [1.807, 2.05) is 0 Å². The van der Waals surface area contributed by atoms with Gasteiger partial charge in [0.15, 0.2) is 0 Å². The van der Waals surface area contributed by atoms with Crippen LogP contribution in [0.5, 0.6) is 0 Å². The summed E-state index contributed by atoms with van der Waals surface area (Å²) in [5.41, 5.74) is 3.11. The van der Waals surface area contributed by atoms with E-state index in [0.29, 0.717) is 11.0 Å². The first kappa shape index (κ1) is 22.1. The number of hydrogen-bond acceptors (Lipinski definition) is 5. The Hall–Kier alpha value is -1.07. The van der Waals surface area contributed by atoms with Crippen molar-refractivity contribution in [3.05, 3.63) is 35.3 Å². The van der Waals surface area contributed by atoms with Crippen molar-refractivity contribution in [3.8, 4) is 0 Å². The van der Waals surface area contributed by atoms with Crippen LogP contribution in [0.15, 0.2) is 29.8 Å². The van der Waals surface area contributed by atoms with Gasteiger partial charge in [0, 0.05) is 0 Å². The Morgan fingerprint density at radius 3 is 2.80 bits per heavy atom. The molecule has 2 heterocycles. The Bertz CT molecular complexity index is 800. The standard InChI is InChI=1S/C22H30N5OS.Tl/c28-21(25-22-26-23-16-29-22)24-20-11-5-4-10-19(20)15-27-12-6-9-18(14-27)13-17-7-2-1-3-8-17;/h2-3,7-8,16,18-20H,4-6,9-15H2,(H2,24,25,26,28);/t18-,19-,20+;/m0./s1. The molecule has 6 nitrogen and oxygen atoms in total. The SMILES string of the molecule is O=C(Nc1nncs1)N[C@@H]1CCCC[C@H]1CN1CCC[C@@H](Cc2cc[c]([Tl])cc2)C1. The zero-order valence-corrected chi connectivity index (χ0v) is 22.7. The van der Waals surface area contributed by atoms with E-state index in [2.05, 4.69) is 50.0 Å². The average Bonchev–Trinajstić information content (AvgIpc) is 3.24. The molecule has 1 aromatic carbocycles. The molecule has 1 aliphatic heterocycles. The molecular weight excluding hydrogens is 587 g/mol. The summed E-state index contributed by atoms with van der Waals surface area (Å²) in [6.45, 7) is 3.47. The van der Waals surface area contributed by atoms with Crippen LogP contribution in [0.1, 0.15) is 44.1 Å². The van der Waals surface area contributed by atoms with Gasteiger partial charge in [0.25, 0.3) is 0 Å². The number of nitrogens with zero attached hydrogens (tertiary/aromatic N) is 3. The van der Waals surface area contributed by atoms with Crippen molar-refractivity contribution in [2.45, 2.75) is 51.0 Å². The van der Waals surface area contributed by atoms with Gasteiger partial charge in [-0.2, -0.15) is 0 Å². The average molecular weight is 617 g/mol. The summed E-state index contributed by atoms with van der Waals surface area (Å²) < 4.78 is 1.50. The van der Waals surface area contributed by atoms with Crippen molar-refractivity contribution in [1.82, 2.24) is 20.4 Å². The molecule has 1 aliphatic carbocycles. The van der Waals surface area contributed by atoms with Crippen LogP contribution < -0.4 is 13.8 Å². The molecule has 0 spiro atoms. The maximum atomic E-state index is 12.4. The first-order chi connectivity index (χ1) is 14.7. The fourth-order valence-electron chi connectivity index (χ4n) is 4.95. The molecule has 2 aliphatic rings. The third-order valence-electron chi connectivity index (χ3n) is 6.41. The van der Waals surface area contributed by atoms with Crippen LogP contribution in [0.4, 0.5) is 9.93 Å². The summed E-state index contributed by atoms with van der Waals surface area (Å²) in [5.74, 6) is 1.28. The molecule has 2 aromatic rings. The Kier molecular flexibility index (Phi) is 8.11. The van der Waals surface area contributed by atoms with Crippen molar-refractivity contribution >= 4 is 51.4 Å². The molecule has 30 heavy (non-hydrogen) atoms. The molecule has 1 saturated carbocycles. The van der Waals surface area contributed by atoms with Crippen molar-refractivity contribution in [2.75, 3.05) is 25.0 Å². The molecule has 4 rings (SSSR count). The third-order valence-corrected chi connectivity index (χ3v) is 8.51. The quantitative estimate of drug-likeness (QED) is 0.490. The first-order valence-electron chi connectivity index (χ1n) is 11.1. The second-order valence-electron chi connectivity index (χ2n) is 8.71. The molecule has 1 saturated heterocycles. The number of benzene rings is 1. The number of urea groups is 1. The van der Waals surface area contributed by atoms with Gasteiger partial charge < -0.3 is 0 Å². The molecule has 8 heteroatoms. The predicted octanol–water partition coefficient (Wildman–Crippen LogP) is 2.97. The Morgan fingerprint density at radius 1 is 1.17 bits per heavy atom. The number of carbonyl (C=O) groups excluding carboxylic acids is 1. The van der Waals surface area contributed by atoms with Gasteiger partial charge in [-0.25, -0.2) is 4.79 Å². The number of carbonyl (C=O) groups is 1. The first-order valence-corrected chi connectivity index (χ1v) is 14.2. The van der Waals surface area contributed by atoms with Crippen LogP contribution in [0.3, 0.4) is 0 Å². The van der Waals surface area contributed by atoms with E-state index in [1.165, 1.54) is 71.6 Å². The molecular formula is C22H30N5OSTl. The molecule has 0 radical (unpaired) electrons. The van der Waals surface area contributed by atoms with E-state index >= 15 is 0 Å². The van der Waals surface area contributed by atoms with E-state index in [0.717, 1.165) is 44.7 Å². The predicted molar refractivity (Wildman–Crippen MR) is 123 cm³/mol. The van der Waals surface area contributed by atoms with Gasteiger partial charge >= 0.3 is 151 Å². The number of rotatable bonds is 6. The van der Waals surface area contributed by atoms with Crippen LogP contribution in [0.25, 0.3) is 0 Å². The minimum atomic E-state index is -0.150. The van der Waals surface area contributed by atoms with Gasteiger partial charge in [0.1, 0.15) is 5.51 Å². The molecule has 1 aromatic heterocycles. The number of aromatic nitrogens is 2. The summed E-state index contributed by atoms with van der Waals surface area (Å²) in [4.78, 5) is 15.1. The summed E-state index contributed by atoms with van der Waals surface area (Å²) in [6, 6.07) is 9.34. The second kappa shape index (κ2) is 11.0. The summed E-state index contributed by atoms with van der Waals surface area (Å²) >= 11 is 2.27. The molecule has 0 unspecified atom stereocenters. The number of amides is 2. The molecule has 2 fully saturated rings. The monoisotopic (exact) mass is 617 g/mol. The van der Waals surface area contributed by atoms with Gasteiger partial charge in [-0.05, 0) is 0 Å². The van der Waals surface area contributed by atoms with E-state index < -0.39 is 0 Å². The molecule has 2 N–H and O–H groups in total. The van der Waals surface area contributed by atoms with Crippen LogP contribution in [-0.2, 0) is 6.42 Å². The van der Waals surface area contributed by atoms with Crippen LogP contribution in [0, 0.1) is 11.8 Å². The Labute approximate surface area is 198 Å². The fourth-order valence-corrected chi connectivity index (χ4v) is 6.14. The second-order valence-corrected chi connectivity index (χ2v) is 12.1. The molecule has 158 valence electrons. The van der Waals surface area contributed by atoms with E-state index in [1.54, 1.807) is 5.51 Å². The van der Waals surface area contributed by atoms with Crippen molar-refractivity contribution in [3.63, 3.8) is 0 Å². The third kappa shape index (κ3) is 6.46. The number of nitrogens with one attached hydrogen (secondary N) is 2. The fraction of sp³-hybridized carbons (Fsp3) is 0.591. The van der Waals surface area contributed by atoms with E-state index in [-0.39, 0.29) is 12.1 Å². The van der Waals surface area contributed by atoms with Crippen molar-refractivity contribution < 1.29 is 4.79 Å². The Balaban J connectivity index is 1.29. The Morgan fingerprint density at radius 2 is 2.00 bits per heavy atom. The van der Waals surface area contributed by atoms with E-state index in [9.17, 15) is 4.79 Å².